The van der Waals surface area contributed by atoms with Gasteiger partial charge in [-0.3, -0.25) is 5.32 Å². The number of rotatable bonds is 4. The molecule has 3 rings (SSSR count). The maximum absolute atomic E-state index is 10.7. The summed E-state index contributed by atoms with van der Waals surface area (Å²) in [6.45, 7) is 0.673. The molecule has 1 amide bonds. The molecule has 25 heavy (non-hydrogen) atoms. The summed E-state index contributed by atoms with van der Waals surface area (Å²) < 4.78 is 0. The second kappa shape index (κ2) is 7.95. The highest BCUT2D eigenvalue weighted by Gasteiger charge is 2.06. The van der Waals surface area contributed by atoms with Crippen LogP contribution in [0.5, 0.6) is 0 Å². The lowest BCUT2D eigenvalue weighted by Crippen LogP contribution is -2.08. The SMILES string of the molecule is O=C(O)Nc1ncsc1C#Cc1ccnc(NCc2ccccc2)c1. The standard InChI is InChI=1S/C18H14N4O2S/c23-18(24)22-17-15(25-12-21-17)7-6-13-8-9-19-16(10-13)20-11-14-4-2-1-3-5-14/h1-5,8-10,12,22H,11H2,(H,19,20)(H,23,24). The van der Waals surface area contributed by atoms with E-state index in [2.05, 4.69) is 32.4 Å². The van der Waals surface area contributed by atoms with Gasteiger partial charge in [-0.2, -0.15) is 0 Å². The molecule has 0 radical (unpaired) electrons. The van der Waals surface area contributed by atoms with Crippen molar-refractivity contribution < 1.29 is 9.90 Å². The summed E-state index contributed by atoms with van der Waals surface area (Å²) in [4.78, 5) is 19.5. The molecular formula is C18H14N4O2S. The Labute approximate surface area is 148 Å². The molecule has 0 aliphatic carbocycles. The second-order valence-electron chi connectivity index (χ2n) is 4.98. The number of hydrogen-bond acceptors (Lipinski definition) is 5. The summed E-state index contributed by atoms with van der Waals surface area (Å²) >= 11 is 1.28. The van der Waals surface area contributed by atoms with Gasteiger partial charge < -0.3 is 10.4 Å². The predicted octanol–water partition coefficient (Wildman–Crippen LogP) is 3.64. The summed E-state index contributed by atoms with van der Waals surface area (Å²) in [5.74, 6) is 6.92. The average Bonchev–Trinajstić information content (AvgIpc) is 3.06. The zero-order valence-electron chi connectivity index (χ0n) is 13.1. The molecule has 0 aliphatic heterocycles. The molecule has 1 aromatic carbocycles. The number of nitrogens with zero attached hydrogens (tertiary/aromatic N) is 2. The smallest absolute Gasteiger partial charge is 0.410 e. The molecule has 0 unspecified atom stereocenters. The van der Waals surface area contributed by atoms with E-state index in [0.717, 1.165) is 16.9 Å². The van der Waals surface area contributed by atoms with Crippen LogP contribution >= 0.6 is 11.3 Å². The molecule has 0 atom stereocenters. The average molecular weight is 350 g/mol. The van der Waals surface area contributed by atoms with Crippen LogP contribution < -0.4 is 10.6 Å². The maximum Gasteiger partial charge on any atom is 0.410 e. The van der Waals surface area contributed by atoms with E-state index in [-0.39, 0.29) is 5.82 Å². The molecule has 0 saturated carbocycles. The van der Waals surface area contributed by atoms with Gasteiger partial charge in [0.1, 0.15) is 10.7 Å². The van der Waals surface area contributed by atoms with Crippen molar-refractivity contribution in [2.24, 2.45) is 0 Å². The van der Waals surface area contributed by atoms with Gasteiger partial charge in [0.05, 0.1) is 5.51 Å². The van der Waals surface area contributed by atoms with Crippen LogP contribution in [0.25, 0.3) is 0 Å². The number of nitrogens with one attached hydrogen (secondary N) is 2. The zero-order chi connectivity index (χ0) is 17.5. The number of anilines is 2. The van der Waals surface area contributed by atoms with Gasteiger partial charge in [-0.15, -0.1) is 11.3 Å². The van der Waals surface area contributed by atoms with Crippen LogP contribution in [0.1, 0.15) is 16.0 Å². The first-order chi connectivity index (χ1) is 12.2. The van der Waals surface area contributed by atoms with Crippen molar-refractivity contribution in [3.8, 4) is 11.8 Å². The molecule has 2 heterocycles. The minimum absolute atomic E-state index is 0.251. The number of carboxylic acid groups (broad SMARTS) is 1. The van der Waals surface area contributed by atoms with Gasteiger partial charge in [-0.1, -0.05) is 36.3 Å². The third-order valence-electron chi connectivity index (χ3n) is 3.19. The first kappa shape index (κ1) is 16.5. The van der Waals surface area contributed by atoms with E-state index < -0.39 is 6.09 Å². The van der Waals surface area contributed by atoms with E-state index in [1.165, 1.54) is 11.3 Å². The minimum Gasteiger partial charge on any atom is -0.465 e. The molecule has 3 N–H and O–H groups in total. The van der Waals surface area contributed by atoms with E-state index in [9.17, 15) is 4.79 Å². The number of aromatic nitrogens is 2. The molecule has 3 aromatic rings. The summed E-state index contributed by atoms with van der Waals surface area (Å²) in [5.41, 5.74) is 3.49. The summed E-state index contributed by atoms with van der Waals surface area (Å²) in [6.07, 6.45) is 0.519. The van der Waals surface area contributed by atoms with Crippen LogP contribution in [-0.4, -0.2) is 21.2 Å². The number of pyridine rings is 1. The van der Waals surface area contributed by atoms with E-state index >= 15 is 0 Å². The highest BCUT2D eigenvalue weighted by atomic mass is 32.1. The van der Waals surface area contributed by atoms with Gasteiger partial charge in [0, 0.05) is 18.3 Å². The highest BCUT2D eigenvalue weighted by molar-refractivity contribution is 7.10. The molecule has 2 aromatic heterocycles. The molecule has 7 heteroatoms. The zero-order valence-corrected chi connectivity index (χ0v) is 13.9. The molecular weight excluding hydrogens is 336 g/mol. The summed E-state index contributed by atoms with van der Waals surface area (Å²) in [6, 6.07) is 13.7. The third-order valence-corrected chi connectivity index (χ3v) is 3.93. The Morgan fingerprint density at radius 3 is 2.80 bits per heavy atom. The number of benzene rings is 1. The van der Waals surface area contributed by atoms with Crippen LogP contribution in [0.15, 0.2) is 54.2 Å². The number of hydrogen-bond donors (Lipinski definition) is 3. The number of thiazole rings is 1. The normalized spacial score (nSPS) is 9.76. The first-order valence-electron chi connectivity index (χ1n) is 7.40. The predicted molar refractivity (Wildman–Crippen MR) is 97.7 cm³/mol. The monoisotopic (exact) mass is 350 g/mol. The van der Waals surface area contributed by atoms with Gasteiger partial charge in [0.2, 0.25) is 0 Å². The third kappa shape index (κ3) is 4.80. The fraction of sp³-hybridized carbons (Fsp3) is 0.0556. The molecule has 0 saturated heterocycles. The van der Waals surface area contributed by atoms with E-state index in [0.29, 0.717) is 11.4 Å². The molecule has 0 fully saturated rings. The van der Waals surface area contributed by atoms with E-state index in [4.69, 9.17) is 5.11 Å². The second-order valence-corrected chi connectivity index (χ2v) is 5.83. The van der Waals surface area contributed by atoms with Crippen LogP contribution in [0, 0.1) is 11.8 Å². The maximum atomic E-state index is 10.7. The van der Waals surface area contributed by atoms with Crippen LogP contribution in [0.3, 0.4) is 0 Å². The minimum atomic E-state index is -1.16. The van der Waals surface area contributed by atoms with Gasteiger partial charge in [0.25, 0.3) is 0 Å². The van der Waals surface area contributed by atoms with Gasteiger partial charge in [-0.25, -0.2) is 14.8 Å². The molecule has 0 spiro atoms. The Balaban J connectivity index is 1.70. The quantitative estimate of drug-likeness (QED) is 0.625. The van der Waals surface area contributed by atoms with Crippen molar-refractivity contribution in [2.75, 3.05) is 10.6 Å². The number of amides is 1. The lowest BCUT2D eigenvalue weighted by atomic mass is 10.2. The molecule has 124 valence electrons. The Morgan fingerprint density at radius 1 is 1.16 bits per heavy atom. The Kier molecular flexibility index (Phi) is 5.24. The largest absolute Gasteiger partial charge is 0.465 e. The van der Waals surface area contributed by atoms with Crippen molar-refractivity contribution >= 4 is 29.1 Å². The van der Waals surface area contributed by atoms with Crippen molar-refractivity contribution in [1.29, 1.82) is 0 Å². The Hall–Kier alpha value is -3.37. The fourth-order valence-electron chi connectivity index (χ4n) is 2.05. The van der Waals surface area contributed by atoms with Crippen molar-refractivity contribution in [3.63, 3.8) is 0 Å². The van der Waals surface area contributed by atoms with Gasteiger partial charge in [-0.05, 0) is 23.6 Å². The van der Waals surface area contributed by atoms with Crippen LogP contribution in [0.4, 0.5) is 16.4 Å². The lowest BCUT2D eigenvalue weighted by molar-refractivity contribution is 0.209. The van der Waals surface area contributed by atoms with Gasteiger partial charge >= 0.3 is 6.09 Å². The molecule has 6 nitrogen and oxygen atoms in total. The number of carbonyl (C=O) groups is 1. The summed E-state index contributed by atoms with van der Waals surface area (Å²) in [7, 11) is 0. The summed E-state index contributed by atoms with van der Waals surface area (Å²) in [5, 5.41) is 14.3. The van der Waals surface area contributed by atoms with Gasteiger partial charge in [0.15, 0.2) is 5.82 Å². The molecule has 0 bridgehead atoms. The van der Waals surface area contributed by atoms with E-state index in [1.54, 1.807) is 17.8 Å². The van der Waals surface area contributed by atoms with Crippen LogP contribution in [-0.2, 0) is 6.54 Å². The molecule has 0 aliphatic rings. The Bertz CT molecular complexity index is 929. The van der Waals surface area contributed by atoms with Crippen molar-refractivity contribution in [1.82, 2.24) is 9.97 Å². The lowest BCUT2D eigenvalue weighted by Gasteiger charge is -2.05. The first-order valence-corrected chi connectivity index (χ1v) is 8.28. The van der Waals surface area contributed by atoms with Crippen molar-refractivity contribution in [3.05, 3.63) is 70.2 Å². The topological polar surface area (TPSA) is 87.1 Å². The van der Waals surface area contributed by atoms with Crippen molar-refractivity contribution in [2.45, 2.75) is 6.54 Å². The van der Waals surface area contributed by atoms with E-state index in [1.807, 2.05) is 36.4 Å². The Morgan fingerprint density at radius 2 is 2.00 bits per heavy atom. The van der Waals surface area contributed by atoms with Crippen LogP contribution in [0.2, 0.25) is 0 Å². The fourth-order valence-corrected chi connectivity index (χ4v) is 2.64. The highest BCUT2D eigenvalue weighted by Crippen LogP contribution is 2.17.